The van der Waals surface area contributed by atoms with Crippen molar-refractivity contribution >= 4 is 17.5 Å². The lowest BCUT2D eigenvalue weighted by Gasteiger charge is -2.34. The Morgan fingerprint density at radius 1 is 1.47 bits per heavy atom. The molecule has 0 saturated carbocycles. The molecule has 2 rings (SSSR count). The highest BCUT2D eigenvalue weighted by Gasteiger charge is 2.26. The largest absolute Gasteiger partial charge is 0.507 e. The summed E-state index contributed by atoms with van der Waals surface area (Å²) in [6.45, 7) is 4.45. The average Bonchev–Trinajstić information content (AvgIpc) is 2.43. The molecule has 0 atom stereocenters. The molecule has 1 amide bonds. The molecule has 1 fully saturated rings. The monoisotopic (exact) mass is 282 g/mol. The molecule has 1 saturated heterocycles. The van der Waals surface area contributed by atoms with E-state index >= 15 is 0 Å². The van der Waals surface area contributed by atoms with E-state index in [1.54, 1.807) is 6.07 Å². The van der Waals surface area contributed by atoms with Crippen molar-refractivity contribution in [2.45, 2.75) is 25.8 Å². The first-order valence-corrected chi connectivity index (χ1v) is 7.01. The van der Waals surface area contributed by atoms with Crippen LogP contribution in [-0.2, 0) is 0 Å². The maximum Gasteiger partial charge on any atom is 0.257 e. The van der Waals surface area contributed by atoms with Gasteiger partial charge < -0.3 is 15.3 Å². The molecule has 104 valence electrons. The molecule has 1 aliphatic rings. The minimum absolute atomic E-state index is 0.0122. The zero-order valence-electron chi connectivity index (χ0n) is 11.0. The highest BCUT2D eigenvalue weighted by molar-refractivity contribution is 6.31. The Morgan fingerprint density at radius 3 is 2.79 bits per heavy atom. The van der Waals surface area contributed by atoms with Crippen molar-refractivity contribution in [2.75, 3.05) is 19.6 Å². The maximum absolute atomic E-state index is 12.5. The van der Waals surface area contributed by atoms with Gasteiger partial charge >= 0.3 is 0 Å². The van der Waals surface area contributed by atoms with Gasteiger partial charge in [-0.25, -0.2) is 0 Å². The number of hydrogen-bond donors (Lipinski definition) is 2. The number of benzene rings is 1. The van der Waals surface area contributed by atoms with E-state index in [1.807, 2.05) is 11.8 Å². The van der Waals surface area contributed by atoms with Crippen LogP contribution in [0.2, 0.25) is 5.02 Å². The minimum atomic E-state index is -0.144. The number of halogens is 1. The molecule has 0 radical (unpaired) electrons. The molecular weight excluding hydrogens is 264 g/mol. The fraction of sp³-hybridized carbons (Fsp3) is 0.500. The van der Waals surface area contributed by atoms with Crippen LogP contribution in [0.4, 0.5) is 0 Å². The van der Waals surface area contributed by atoms with Gasteiger partial charge in [0.2, 0.25) is 0 Å². The predicted octanol–water partition coefficient (Wildman–Crippen LogP) is 2.26. The predicted molar refractivity (Wildman–Crippen MR) is 75.7 cm³/mol. The van der Waals surface area contributed by atoms with Crippen LogP contribution in [0.3, 0.4) is 0 Å². The van der Waals surface area contributed by atoms with Gasteiger partial charge in [0.1, 0.15) is 5.75 Å². The van der Waals surface area contributed by atoms with E-state index in [9.17, 15) is 9.90 Å². The summed E-state index contributed by atoms with van der Waals surface area (Å²) in [5, 5.41) is 13.6. The highest BCUT2D eigenvalue weighted by Crippen LogP contribution is 2.25. The molecule has 0 spiro atoms. The van der Waals surface area contributed by atoms with Gasteiger partial charge in [-0.05, 0) is 51.1 Å². The van der Waals surface area contributed by atoms with Gasteiger partial charge in [-0.1, -0.05) is 11.6 Å². The number of amides is 1. The van der Waals surface area contributed by atoms with Crippen LogP contribution in [0.25, 0.3) is 0 Å². The van der Waals surface area contributed by atoms with Gasteiger partial charge in [0.25, 0.3) is 5.91 Å². The first-order chi connectivity index (χ1) is 9.13. The van der Waals surface area contributed by atoms with Crippen LogP contribution >= 0.6 is 11.6 Å². The van der Waals surface area contributed by atoms with Crippen LogP contribution in [-0.4, -0.2) is 41.6 Å². The zero-order valence-corrected chi connectivity index (χ0v) is 11.8. The molecule has 0 unspecified atom stereocenters. The van der Waals surface area contributed by atoms with E-state index in [2.05, 4.69) is 5.32 Å². The summed E-state index contributed by atoms with van der Waals surface area (Å²) in [7, 11) is 0. The van der Waals surface area contributed by atoms with Crippen LogP contribution < -0.4 is 5.32 Å². The number of piperidine rings is 1. The quantitative estimate of drug-likeness (QED) is 0.894. The summed E-state index contributed by atoms with van der Waals surface area (Å²) < 4.78 is 0. The Hall–Kier alpha value is -1.26. The molecule has 4 nitrogen and oxygen atoms in total. The summed E-state index contributed by atoms with van der Waals surface area (Å²) >= 11 is 5.90. The SMILES string of the molecule is CCN(C(=O)c1cc(Cl)ccc1O)C1CCNCC1. The minimum Gasteiger partial charge on any atom is -0.507 e. The molecule has 5 heteroatoms. The number of carbonyl (C=O) groups is 1. The van der Waals surface area contributed by atoms with Crippen LogP contribution in [0.5, 0.6) is 5.75 Å². The Morgan fingerprint density at radius 2 is 2.16 bits per heavy atom. The van der Waals surface area contributed by atoms with Crippen molar-refractivity contribution in [3.63, 3.8) is 0 Å². The van der Waals surface area contributed by atoms with Gasteiger partial charge in [0.05, 0.1) is 5.56 Å². The second-order valence-corrected chi connectivity index (χ2v) is 5.17. The molecule has 0 bridgehead atoms. The van der Waals surface area contributed by atoms with Crippen molar-refractivity contribution in [3.05, 3.63) is 28.8 Å². The third-order valence-electron chi connectivity index (χ3n) is 3.54. The van der Waals surface area contributed by atoms with Crippen LogP contribution in [0.15, 0.2) is 18.2 Å². The van der Waals surface area contributed by atoms with E-state index in [4.69, 9.17) is 11.6 Å². The number of aromatic hydroxyl groups is 1. The standard InChI is InChI=1S/C14H19ClN2O2/c1-2-17(11-5-7-16-8-6-11)14(19)12-9-10(15)3-4-13(12)18/h3-4,9,11,16,18H,2,5-8H2,1H3. The molecule has 1 aliphatic heterocycles. The maximum atomic E-state index is 12.5. The van der Waals surface area contributed by atoms with E-state index in [1.165, 1.54) is 12.1 Å². The molecule has 19 heavy (non-hydrogen) atoms. The molecule has 1 aromatic carbocycles. The number of carbonyl (C=O) groups excluding carboxylic acids is 1. The molecule has 1 heterocycles. The van der Waals surface area contributed by atoms with Gasteiger partial charge in [-0.15, -0.1) is 0 Å². The van der Waals surface area contributed by atoms with Gasteiger partial charge in [0.15, 0.2) is 0 Å². The zero-order chi connectivity index (χ0) is 13.8. The smallest absolute Gasteiger partial charge is 0.257 e. The lowest BCUT2D eigenvalue weighted by Crippen LogP contribution is -2.46. The average molecular weight is 283 g/mol. The Balaban J connectivity index is 2.22. The van der Waals surface area contributed by atoms with E-state index < -0.39 is 0 Å². The number of phenolic OH excluding ortho intramolecular Hbond substituents is 1. The van der Waals surface area contributed by atoms with Crippen molar-refractivity contribution in [2.24, 2.45) is 0 Å². The summed E-state index contributed by atoms with van der Waals surface area (Å²) in [6, 6.07) is 4.81. The Bertz CT molecular complexity index is 459. The van der Waals surface area contributed by atoms with Crippen molar-refractivity contribution in [3.8, 4) is 5.75 Å². The fourth-order valence-corrected chi connectivity index (χ4v) is 2.69. The Kier molecular flexibility index (Phi) is 4.66. The lowest BCUT2D eigenvalue weighted by atomic mass is 10.0. The van der Waals surface area contributed by atoms with Gasteiger partial charge in [0, 0.05) is 17.6 Å². The third-order valence-corrected chi connectivity index (χ3v) is 3.78. The van der Waals surface area contributed by atoms with Crippen molar-refractivity contribution in [1.82, 2.24) is 10.2 Å². The fourth-order valence-electron chi connectivity index (χ4n) is 2.52. The second kappa shape index (κ2) is 6.26. The number of rotatable bonds is 3. The molecule has 0 aromatic heterocycles. The molecule has 1 aromatic rings. The third kappa shape index (κ3) is 3.19. The van der Waals surface area contributed by atoms with E-state index in [0.717, 1.165) is 25.9 Å². The van der Waals surface area contributed by atoms with Gasteiger partial charge in [-0.3, -0.25) is 4.79 Å². The second-order valence-electron chi connectivity index (χ2n) is 4.73. The van der Waals surface area contributed by atoms with Crippen molar-refractivity contribution < 1.29 is 9.90 Å². The number of phenols is 1. The van der Waals surface area contributed by atoms with Crippen molar-refractivity contribution in [1.29, 1.82) is 0 Å². The topological polar surface area (TPSA) is 52.6 Å². The number of nitrogens with one attached hydrogen (secondary N) is 1. The molecule has 2 N–H and O–H groups in total. The Labute approximate surface area is 118 Å². The first-order valence-electron chi connectivity index (χ1n) is 6.63. The number of hydrogen-bond acceptors (Lipinski definition) is 3. The van der Waals surface area contributed by atoms with Crippen LogP contribution in [0, 0.1) is 0 Å². The first kappa shape index (κ1) is 14.2. The lowest BCUT2D eigenvalue weighted by molar-refractivity contribution is 0.0653. The van der Waals surface area contributed by atoms with E-state index in [0.29, 0.717) is 11.6 Å². The van der Waals surface area contributed by atoms with Crippen LogP contribution in [0.1, 0.15) is 30.1 Å². The number of nitrogens with zero attached hydrogens (tertiary/aromatic N) is 1. The summed E-state index contributed by atoms with van der Waals surface area (Å²) in [6.07, 6.45) is 1.89. The summed E-state index contributed by atoms with van der Waals surface area (Å²) in [5.41, 5.74) is 0.285. The van der Waals surface area contributed by atoms with Gasteiger partial charge in [-0.2, -0.15) is 0 Å². The molecular formula is C14H19ClN2O2. The van der Waals surface area contributed by atoms with E-state index in [-0.39, 0.29) is 23.3 Å². The summed E-state index contributed by atoms with van der Waals surface area (Å²) in [5.74, 6) is -0.156. The molecule has 0 aliphatic carbocycles. The summed E-state index contributed by atoms with van der Waals surface area (Å²) in [4.78, 5) is 14.4. The normalized spacial score (nSPS) is 16.3. The highest BCUT2D eigenvalue weighted by atomic mass is 35.5.